The number of benzene rings is 3. The average Bonchev–Trinajstić information content (AvgIpc) is 3.50. The quantitative estimate of drug-likeness (QED) is 0.136. The minimum absolute atomic E-state index is 0.00760. The Hall–Kier alpha value is -3.73. The van der Waals surface area contributed by atoms with Crippen molar-refractivity contribution in [3.63, 3.8) is 0 Å². The summed E-state index contributed by atoms with van der Waals surface area (Å²) in [5.41, 5.74) is 2.29. The minimum Gasteiger partial charge on any atom is -0.491 e. The first-order valence-electron chi connectivity index (χ1n) is 12.1. The van der Waals surface area contributed by atoms with Crippen molar-refractivity contribution in [2.45, 2.75) is 22.2 Å². The summed E-state index contributed by atoms with van der Waals surface area (Å²) in [7, 11) is -6.39. The number of nitrogens with zero attached hydrogens (tertiary/aromatic N) is 2. The van der Waals surface area contributed by atoms with Crippen molar-refractivity contribution in [2.24, 2.45) is 0 Å². The zero-order valence-corrected chi connectivity index (χ0v) is 24.0. The van der Waals surface area contributed by atoms with Crippen LogP contribution in [0.1, 0.15) is 11.1 Å². The normalized spacial score (nSPS) is 11.7. The number of hydrogen-bond donors (Lipinski definition) is 1. The molecule has 208 valence electrons. The van der Waals surface area contributed by atoms with Crippen LogP contribution in [-0.4, -0.2) is 41.5 Å². The summed E-state index contributed by atoms with van der Waals surface area (Å²) < 4.78 is 67.3. The van der Waals surface area contributed by atoms with Gasteiger partial charge in [0.05, 0.1) is 11.5 Å². The molecule has 0 aliphatic carbocycles. The van der Waals surface area contributed by atoms with E-state index in [1.807, 2.05) is 35.1 Å². The summed E-state index contributed by atoms with van der Waals surface area (Å²) in [6.07, 6.45) is 1.47. The van der Waals surface area contributed by atoms with Crippen LogP contribution in [0.5, 0.6) is 5.75 Å². The van der Waals surface area contributed by atoms with E-state index in [1.165, 1.54) is 16.6 Å². The largest absolute Gasteiger partial charge is 0.491 e. The summed E-state index contributed by atoms with van der Waals surface area (Å²) in [5, 5.41) is 10.6. The van der Waals surface area contributed by atoms with Gasteiger partial charge in [0.25, 0.3) is 20.0 Å². The fourth-order valence-electron chi connectivity index (χ4n) is 4.02. The molecule has 0 radical (unpaired) electrons. The molecule has 9 nitrogen and oxygen atoms in total. The number of sulfonamides is 2. The maximum atomic E-state index is 13.7. The molecule has 0 bridgehead atoms. The molecule has 0 amide bonds. The van der Waals surface area contributed by atoms with E-state index in [2.05, 4.69) is 0 Å². The second kappa shape index (κ2) is 13.1. The monoisotopic (exact) mass is 597 g/mol. The van der Waals surface area contributed by atoms with Crippen LogP contribution in [0.2, 0.25) is 0 Å². The van der Waals surface area contributed by atoms with Gasteiger partial charge < -0.3 is 9.47 Å². The Labute approximate surface area is 238 Å². The van der Waals surface area contributed by atoms with Gasteiger partial charge in [0.2, 0.25) is 0 Å². The highest BCUT2D eigenvalue weighted by atomic mass is 32.2. The van der Waals surface area contributed by atoms with Crippen LogP contribution < -0.4 is 9.46 Å². The van der Waals surface area contributed by atoms with Gasteiger partial charge in [0.15, 0.2) is 6.19 Å². The molecule has 0 unspecified atom stereocenters. The Morgan fingerprint density at radius 3 is 2.35 bits per heavy atom. The average molecular weight is 598 g/mol. The van der Waals surface area contributed by atoms with Crippen LogP contribution in [0.15, 0.2) is 99.4 Å². The van der Waals surface area contributed by atoms with Gasteiger partial charge >= 0.3 is 0 Å². The highest BCUT2D eigenvalue weighted by molar-refractivity contribution is 7.91. The van der Waals surface area contributed by atoms with Gasteiger partial charge in [0, 0.05) is 31.3 Å². The molecule has 4 rings (SSSR count). The van der Waals surface area contributed by atoms with E-state index >= 15 is 0 Å². The second-order valence-corrected chi connectivity index (χ2v) is 13.3. The molecular weight excluding hydrogens is 571 g/mol. The number of thiophene rings is 1. The van der Waals surface area contributed by atoms with E-state index in [0.29, 0.717) is 29.0 Å². The summed E-state index contributed by atoms with van der Waals surface area (Å²) >= 11 is 1.14. The molecule has 3 aromatic carbocycles. The van der Waals surface area contributed by atoms with E-state index in [4.69, 9.17) is 14.7 Å². The molecule has 1 heterocycles. The predicted octanol–water partition coefficient (Wildman–Crippen LogP) is 4.59. The Kier molecular flexibility index (Phi) is 9.57. The molecule has 0 saturated carbocycles. The van der Waals surface area contributed by atoms with Crippen molar-refractivity contribution < 1.29 is 26.3 Å². The van der Waals surface area contributed by atoms with Crippen molar-refractivity contribution in [1.29, 1.82) is 5.26 Å². The Morgan fingerprint density at radius 2 is 1.65 bits per heavy atom. The SMILES string of the molecule is COCCOc1cc(-c2ccccc2S(=O)(=O)NC#N)ccc1CN(Cc1ccccc1)S(=O)(=O)c1cccs1. The van der Waals surface area contributed by atoms with Crippen LogP contribution in [0.4, 0.5) is 0 Å². The second-order valence-electron chi connectivity index (χ2n) is 8.57. The summed E-state index contributed by atoms with van der Waals surface area (Å²) in [6.45, 7) is 0.635. The van der Waals surface area contributed by atoms with E-state index in [9.17, 15) is 16.8 Å². The standard InChI is InChI=1S/C28H27N3O6S3/c1-36-15-16-37-26-18-23(25-10-5-6-11-27(25)39(32,33)30-21-29)13-14-24(26)20-31(19-22-8-3-2-4-9-22)40(34,35)28-12-7-17-38-28/h2-14,17-18,30H,15-16,19-20H2,1H3. The molecule has 4 aromatic rings. The van der Waals surface area contributed by atoms with Crippen LogP contribution in [0.25, 0.3) is 11.1 Å². The number of hydrogen-bond acceptors (Lipinski definition) is 8. The highest BCUT2D eigenvalue weighted by Crippen LogP contribution is 2.34. The lowest BCUT2D eigenvalue weighted by molar-refractivity contribution is 0.145. The fourth-order valence-corrected chi connectivity index (χ4v) is 7.53. The van der Waals surface area contributed by atoms with E-state index < -0.39 is 20.0 Å². The zero-order chi connectivity index (χ0) is 28.6. The number of rotatable bonds is 13. The lowest BCUT2D eigenvalue weighted by atomic mass is 10.0. The van der Waals surface area contributed by atoms with E-state index in [0.717, 1.165) is 16.9 Å². The van der Waals surface area contributed by atoms with Gasteiger partial charge in [0.1, 0.15) is 16.6 Å². The first kappa shape index (κ1) is 29.3. The van der Waals surface area contributed by atoms with Crippen molar-refractivity contribution in [3.05, 3.63) is 101 Å². The fraction of sp³-hybridized carbons (Fsp3) is 0.179. The van der Waals surface area contributed by atoms with Gasteiger partial charge in [-0.25, -0.2) is 21.6 Å². The summed E-state index contributed by atoms with van der Waals surface area (Å²) in [5.74, 6) is 0.384. The molecule has 0 aliphatic rings. The van der Waals surface area contributed by atoms with Crippen molar-refractivity contribution in [1.82, 2.24) is 9.03 Å². The molecule has 40 heavy (non-hydrogen) atoms. The van der Waals surface area contributed by atoms with Gasteiger partial charge in [-0.1, -0.05) is 66.7 Å². The third-order valence-corrected chi connectivity index (χ3v) is 10.4. The molecule has 1 aromatic heterocycles. The molecule has 0 fully saturated rings. The number of nitriles is 1. The maximum Gasteiger partial charge on any atom is 0.270 e. The highest BCUT2D eigenvalue weighted by Gasteiger charge is 2.27. The van der Waals surface area contributed by atoms with E-state index in [1.54, 1.807) is 61.0 Å². The minimum atomic E-state index is -4.09. The molecule has 0 spiro atoms. The van der Waals surface area contributed by atoms with Crippen LogP contribution in [0.3, 0.4) is 0 Å². The topological polar surface area (TPSA) is 126 Å². The van der Waals surface area contributed by atoms with Gasteiger partial charge in [-0.2, -0.15) is 9.57 Å². The summed E-state index contributed by atoms with van der Waals surface area (Å²) in [4.78, 5) is -0.0712. The third kappa shape index (κ3) is 6.88. The Morgan fingerprint density at radius 1 is 0.900 bits per heavy atom. The first-order chi connectivity index (χ1) is 19.3. The van der Waals surface area contributed by atoms with E-state index in [-0.39, 0.29) is 28.8 Å². The van der Waals surface area contributed by atoms with Crippen molar-refractivity contribution >= 4 is 31.4 Å². The van der Waals surface area contributed by atoms with Gasteiger partial charge in [-0.3, -0.25) is 0 Å². The smallest absolute Gasteiger partial charge is 0.270 e. The maximum absolute atomic E-state index is 13.7. The predicted molar refractivity (Wildman–Crippen MR) is 152 cm³/mol. The molecule has 0 atom stereocenters. The summed E-state index contributed by atoms with van der Waals surface area (Å²) in [6, 6.07) is 24.0. The lowest BCUT2D eigenvalue weighted by Crippen LogP contribution is -2.30. The van der Waals surface area contributed by atoms with Crippen LogP contribution >= 0.6 is 11.3 Å². The van der Waals surface area contributed by atoms with Crippen molar-refractivity contribution in [3.8, 4) is 23.1 Å². The molecule has 0 aliphatic heterocycles. The lowest BCUT2D eigenvalue weighted by Gasteiger charge is -2.23. The number of nitrogens with one attached hydrogen (secondary N) is 1. The van der Waals surface area contributed by atoms with Gasteiger partial charge in [-0.05, 0) is 34.7 Å². The van der Waals surface area contributed by atoms with Crippen LogP contribution in [0, 0.1) is 11.5 Å². The number of ether oxygens (including phenoxy) is 2. The number of methoxy groups -OCH3 is 1. The van der Waals surface area contributed by atoms with Crippen molar-refractivity contribution in [2.75, 3.05) is 20.3 Å². The molecule has 1 N–H and O–H groups in total. The third-order valence-electron chi connectivity index (χ3n) is 5.92. The first-order valence-corrected chi connectivity index (χ1v) is 15.9. The molecule has 0 saturated heterocycles. The Bertz CT molecular complexity index is 1680. The zero-order valence-electron chi connectivity index (χ0n) is 21.6. The molecular formula is C28H27N3O6S3. The Balaban J connectivity index is 1.77. The van der Waals surface area contributed by atoms with Crippen LogP contribution in [-0.2, 0) is 37.9 Å². The van der Waals surface area contributed by atoms with Gasteiger partial charge in [-0.15, -0.1) is 11.3 Å². The molecule has 12 heteroatoms.